The molecule has 1 aliphatic rings. The Morgan fingerprint density at radius 2 is 2.11 bits per heavy atom. The van der Waals surface area contributed by atoms with Crippen LogP contribution < -0.4 is 5.32 Å². The molecule has 140 valence electrons. The minimum Gasteiger partial charge on any atom is -0.377 e. The van der Waals surface area contributed by atoms with Gasteiger partial charge in [-0.15, -0.1) is 0 Å². The molecule has 1 saturated heterocycles. The average molecular weight is 364 g/mol. The van der Waals surface area contributed by atoms with Crippen LogP contribution in [0, 0.1) is 11.3 Å². The summed E-state index contributed by atoms with van der Waals surface area (Å²) in [7, 11) is 2.09. The van der Waals surface area contributed by atoms with E-state index in [-0.39, 0.29) is 5.91 Å². The topological polar surface area (TPSA) is 78.3 Å². The molecule has 1 aromatic heterocycles. The summed E-state index contributed by atoms with van der Waals surface area (Å²) >= 11 is 0. The fraction of sp³-hybridized carbons (Fsp3) is 0.381. The van der Waals surface area contributed by atoms with Crippen molar-refractivity contribution in [2.45, 2.75) is 31.9 Å². The van der Waals surface area contributed by atoms with Crippen molar-refractivity contribution in [2.24, 2.45) is 0 Å². The van der Waals surface area contributed by atoms with Crippen molar-refractivity contribution in [2.75, 3.05) is 25.5 Å². The number of ether oxygens (including phenoxy) is 1. The van der Waals surface area contributed by atoms with Gasteiger partial charge in [0, 0.05) is 25.3 Å². The van der Waals surface area contributed by atoms with Crippen LogP contribution in [0.5, 0.6) is 0 Å². The van der Waals surface area contributed by atoms with E-state index in [2.05, 4.69) is 22.2 Å². The number of carbonyl (C=O) groups is 1. The summed E-state index contributed by atoms with van der Waals surface area (Å²) in [4.78, 5) is 18.5. The lowest BCUT2D eigenvalue weighted by Crippen LogP contribution is -2.33. The van der Waals surface area contributed by atoms with Crippen molar-refractivity contribution in [3.05, 3.63) is 59.4 Å². The average Bonchev–Trinajstić information content (AvgIpc) is 2.70. The molecule has 1 atom stereocenters. The van der Waals surface area contributed by atoms with Crippen LogP contribution in [0.4, 0.5) is 5.69 Å². The van der Waals surface area contributed by atoms with Gasteiger partial charge in [-0.05, 0) is 56.1 Å². The first-order valence-electron chi connectivity index (χ1n) is 9.20. The highest BCUT2D eigenvalue weighted by atomic mass is 16.5. The fourth-order valence-corrected chi connectivity index (χ4v) is 3.17. The Kier molecular flexibility index (Phi) is 6.53. The maximum atomic E-state index is 12.3. The highest BCUT2D eigenvalue weighted by molar-refractivity contribution is 6.04. The van der Waals surface area contributed by atoms with Gasteiger partial charge in [0.15, 0.2) is 0 Å². The predicted molar refractivity (Wildman–Crippen MR) is 103 cm³/mol. The summed E-state index contributed by atoms with van der Waals surface area (Å²) in [6.45, 7) is 2.62. The molecule has 6 nitrogen and oxygen atoms in total. The summed E-state index contributed by atoms with van der Waals surface area (Å²) in [5, 5.41) is 11.5. The Balaban J connectivity index is 1.52. The third-order valence-corrected chi connectivity index (χ3v) is 4.59. The number of hydrogen-bond acceptors (Lipinski definition) is 5. The van der Waals surface area contributed by atoms with Gasteiger partial charge in [0.05, 0.1) is 18.0 Å². The molecule has 3 rings (SSSR count). The van der Waals surface area contributed by atoms with Crippen LogP contribution in [0.1, 0.15) is 40.9 Å². The highest BCUT2D eigenvalue weighted by Crippen LogP contribution is 2.15. The Morgan fingerprint density at radius 1 is 1.30 bits per heavy atom. The van der Waals surface area contributed by atoms with Gasteiger partial charge in [-0.1, -0.05) is 12.1 Å². The number of aromatic nitrogens is 1. The fourth-order valence-electron chi connectivity index (χ4n) is 3.17. The number of amides is 1. The number of carbonyl (C=O) groups excluding carboxylic acids is 1. The molecule has 1 fully saturated rings. The third kappa shape index (κ3) is 5.61. The lowest BCUT2D eigenvalue weighted by molar-refractivity contribution is -0.00259. The van der Waals surface area contributed by atoms with E-state index >= 15 is 0 Å². The van der Waals surface area contributed by atoms with Gasteiger partial charge in [-0.25, -0.2) is 4.98 Å². The van der Waals surface area contributed by atoms with E-state index in [9.17, 15) is 4.79 Å². The quantitative estimate of drug-likeness (QED) is 0.851. The Morgan fingerprint density at radius 3 is 2.74 bits per heavy atom. The van der Waals surface area contributed by atoms with Crippen LogP contribution in [0.25, 0.3) is 0 Å². The summed E-state index contributed by atoms with van der Waals surface area (Å²) < 4.78 is 5.79. The van der Waals surface area contributed by atoms with E-state index in [1.807, 2.05) is 30.3 Å². The van der Waals surface area contributed by atoms with Crippen molar-refractivity contribution >= 4 is 11.6 Å². The predicted octanol–water partition coefficient (Wildman–Crippen LogP) is 3.21. The van der Waals surface area contributed by atoms with E-state index in [4.69, 9.17) is 10.00 Å². The van der Waals surface area contributed by atoms with Crippen molar-refractivity contribution in [1.29, 1.82) is 5.26 Å². The first kappa shape index (κ1) is 19.0. The zero-order valence-corrected chi connectivity index (χ0v) is 15.5. The standard InChI is InChI=1S/C21H24N4O2/c1-25(15-20-4-2-3-11-27-20)14-16-5-7-17(8-6-16)21(26)24-19-10-9-18(12-22)23-13-19/h5-10,13,20H,2-4,11,14-15H2,1H3,(H,24,26)/t20-/m0/s1. The Labute approximate surface area is 159 Å². The Hall–Kier alpha value is -2.75. The summed E-state index contributed by atoms with van der Waals surface area (Å²) in [6.07, 6.45) is 5.36. The molecule has 27 heavy (non-hydrogen) atoms. The second kappa shape index (κ2) is 9.26. The third-order valence-electron chi connectivity index (χ3n) is 4.59. The number of anilines is 1. The molecule has 0 aliphatic carbocycles. The van der Waals surface area contributed by atoms with Gasteiger partial charge in [0.1, 0.15) is 11.8 Å². The first-order chi connectivity index (χ1) is 13.1. The Bertz CT molecular complexity index is 790. The lowest BCUT2D eigenvalue weighted by Gasteiger charge is -2.27. The van der Waals surface area contributed by atoms with E-state index in [0.717, 1.165) is 31.7 Å². The van der Waals surface area contributed by atoms with Gasteiger partial charge in [-0.3, -0.25) is 9.69 Å². The van der Waals surface area contributed by atoms with Gasteiger partial charge in [0.25, 0.3) is 5.91 Å². The maximum Gasteiger partial charge on any atom is 0.255 e. The van der Waals surface area contributed by atoms with Crippen molar-refractivity contribution in [1.82, 2.24) is 9.88 Å². The van der Waals surface area contributed by atoms with Gasteiger partial charge in [0.2, 0.25) is 0 Å². The van der Waals surface area contributed by atoms with Gasteiger partial charge < -0.3 is 10.1 Å². The van der Waals surface area contributed by atoms with Crippen LogP contribution in [0.2, 0.25) is 0 Å². The summed E-state index contributed by atoms with van der Waals surface area (Å²) in [5.41, 5.74) is 2.63. The second-order valence-electron chi connectivity index (χ2n) is 6.88. The molecule has 1 aromatic carbocycles. The molecule has 2 aromatic rings. The van der Waals surface area contributed by atoms with Crippen LogP contribution in [-0.2, 0) is 11.3 Å². The van der Waals surface area contributed by atoms with E-state index in [1.165, 1.54) is 19.0 Å². The van der Waals surface area contributed by atoms with Crippen molar-refractivity contribution < 1.29 is 9.53 Å². The minimum absolute atomic E-state index is 0.197. The molecular weight excluding hydrogens is 340 g/mol. The second-order valence-corrected chi connectivity index (χ2v) is 6.88. The lowest BCUT2D eigenvalue weighted by atomic mass is 10.1. The molecule has 1 N–H and O–H groups in total. The molecular formula is C21H24N4O2. The molecule has 6 heteroatoms. The van der Waals surface area contributed by atoms with Crippen LogP contribution in [0.15, 0.2) is 42.6 Å². The molecule has 2 heterocycles. The molecule has 0 saturated carbocycles. The SMILES string of the molecule is CN(Cc1ccc(C(=O)Nc2ccc(C#N)nc2)cc1)C[C@@H]1CCCCO1. The van der Waals surface area contributed by atoms with Crippen molar-refractivity contribution in [3.8, 4) is 6.07 Å². The number of hydrogen-bond donors (Lipinski definition) is 1. The minimum atomic E-state index is -0.197. The summed E-state index contributed by atoms with van der Waals surface area (Å²) in [6, 6.07) is 12.8. The highest BCUT2D eigenvalue weighted by Gasteiger charge is 2.16. The first-order valence-corrected chi connectivity index (χ1v) is 9.20. The van der Waals surface area contributed by atoms with E-state index in [0.29, 0.717) is 23.0 Å². The van der Waals surface area contributed by atoms with E-state index in [1.54, 1.807) is 12.1 Å². The number of nitrogens with zero attached hydrogens (tertiary/aromatic N) is 3. The van der Waals surface area contributed by atoms with Gasteiger partial charge in [-0.2, -0.15) is 5.26 Å². The normalized spacial score (nSPS) is 16.7. The molecule has 0 spiro atoms. The van der Waals surface area contributed by atoms with E-state index < -0.39 is 0 Å². The molecule has 0 bridgehead atoms. The molecule has 0 unspecified atom stereocenters. The molecule has 0 radical (unpaired) electrons. The monoisotopic (exact) mass is 364 g/mol. The van der Waals surface area contributed by atoms with Crippen LogP contribution in [-0.4, -0.2) is 42.1 Å². The van der Waals surface area contributed by atoms with Crippen LogP contribution >= 0.6 is 0 Å². The molecule has 1 aliphatic heterocycles. The molecule has 1 amide bonds. The number of pyridine rings is 1. The number of benzene rings is 1. The zero-order valence-electron chi connectivity index (χ0n) is 15.5. The zero-order chi connectivity index (χ0) is 19.1. The maximum absolute atomic E-state index is 12.3. The summed E-state index contributed by atoms with van der Waals surface area (Å²) in [5.74, 6) is -0.197. The van der Waals surface area contributed by atoms with Crippen LogP contribution in [0.3, 0.4) is 0 Å². The number of nitriles is 1. The number of nitrogens with one attached hydrogen (secondary N) is 1. The van der Waals surface area contributed by atoms with Crippen molar-refractivity contribution in [3.63, 3.8) is 0 Å². The van der Waals surface area contributed by atoms with Gasteiger partial charge >= 0.3 is 0 Å². The largest absolute Gasteiger partial charge is 0.377 e. The smallest absolute Gasteiger partial charge is 0.255 e. The number of likely N-dealkylation sites (N-methyl/N-ethyl adjacent to an activating group) is 1. The number of rotatable bonds is 6.